The fourth-order valence-corrected chi connectivity index (χ4v) is 3.80. The number of aliphatic hydroxyl groups is 2. The summed E-state index contributed by atoms with van der Waals surface area (Å²) in [5, 5.41) is 28.8. The van der Waals surface area contributed by atoms with Crippen molar-refractivity contribution in [1.29, 1.82) is 0 Å². The molecule has 0 aromatic heterocycles. The van der Waals surface area contributed by atoms with Crippen molar-refractivity contribution < 1.29 is 10.2 Å². The lowest BCUT2D eigenvalue weighted by Gasteiger charge is -2.43. The molecule has 22 heavy (non-hydrogen) atoms. The molecule has 0 spiro atoms. The molecule has 4 unspecified atom stereocenters. The van der Waals surface area contributed by atoms with Gasteiger partial charge in [0, 0.05) is 13.1 Å². The summed E-state index contributed by atoms with van der Waals surface area (Å²) in [5.74, 6) is 1.69. The maximum Gasteiger partial charge on any atom is 0.163 e. The second-order valence-electron chi connectivity index (χ2n) is 6.68. The SMILES string of the molecule is CCNC(O)NCCCNC(O)N1CCC2CCCCC2C1. The summed E-state index contributed by atoms with van der Waals surface area (Å²) in [6.07, 6.45) is 6.43. The van der Waals surface area contributed by atoms with Crippen LogP contribution < -0.4 is 16.0 Å². The van der Waals surface area contributed by atoms with Gasteiger partial charge in [-0.05, 0) is 50.7 Å². The van der Waals surface area contributed by atoms with Crippen molar-refractivity contribution in [1.82, 2.24) is 20.9 Å². The van der Waals surface area contributed by atoms with Crippen molar-refractivity contribution in [3.8, 4) is 0 Å². The summed E-state index contributed by atoms with van der Waals surface area (Å²) in [6, 6.07) is 0. The zero-order valence-corrected chi connectivity index (χ0v) is 13.9. The van der Waals surface area contributed by atoms with E-state index in [-0.39, 0.29) is 0 Å². The Kier molecular flexibility index (Phi) is 8.06. The minimum atomic E-state index is -0.639. The predicted octanol–water partition coefficient (Wildman–Crippen LogP) is 0.229. The first-order valence-corrected chi connectivity index (χ1v) is 9.01. The predicted molar refractivity (Wildman–Crippen MR) is 88.0 cm³/mol. The Morgan fingerprint density at radius 3 is 2.50 bits per heavy atom. The zero-order chi connectivity index (χ0) is 15.8. The standard InChI is InChI=1S/C16H34N4O2/c1-2-17-15(21)18-9-5-10-19-16(22)20-11-8-13-6-3-4-7-14(13)12-20/h13-19,21-22H,2-12H2,1H3. The van der Waals surface area contributed by atoms with Crippen molar-refractivity contribution in [2.24, 2.45) is 11.8 Å². The fraction of sp³-hybridized carbons (Fsp3) is 1.00. The maximum absolute atomic E-state index is 10.3. The largest absolute Gasteiger partial charge is 0.365 e. The van der Waals surface area contributed by atoms with E-state index in [0.717, 1.165) is 51.0 Å². The third-order valence-electron chi connectivity index (χ3n) is 5.08. The second-order valence-corrected chi connectivity index (χ2v) is 6.68. The molecule has 2 rings (SSSR count). The van der Waals surface area contributed by atoms with E-state index in [1.54, 1.807) is 0 Å². The monoisotopic (exact) mass is 314 g/mol. The van der Waals surface area contributed by atoms with Crippen LogP contribution in [0.2, 0.25) is 0 Å². The van der Waals surface area contributed by atoms with Crippen LogP contribution in [-0.4, -0.2) is 60.5 Å². The van der Waals surface area contributed by atoms with Gasteiger partial charge >= 0.3 is 0 Å². The third kappa shape index (κ3) is 5.76. The molecule has 1 aliphatic carbocycles. The molecule has 0 amide bonds. The summed E-state index contributed by atoms with van der Waals surface area (Å²) in [7, 11) is 0. The second kappa shape index (κ2) is 9.80. The van der Waals surface area contributed by atoms with Crippen LogP contribution in [0.25, 0.3) is 0 Å². The molecule has 4 atom stereocenters. The van der Waals surface area contributed by atoms with Gasteiger partial charge in [-0.3, -0.25) is 20.9 Å². The van der Waals surface area contributed by atoms with Crippen LogP contribution in [0.4, 0.5) is 0 Å². The van der Waals surface area contributed by atoms with Gasteiger partial charge in [0.05, 0.1) is 0 Å². The van der Waals surface area contributed by atoms with Gasteiger partial charge in [-0.15, -0.1) is 0 Å². The van der Waals surface area contributed by atoms with Gasteiger partial charge < -0.3 is 10.2 Å². The first kappa shape index (κ1) is 18.1. The van der Waals surface area contributed by atoms with Crippen LogP contribution in [-0.2, 0) is 0 Å². The van der Waals surface area contributed by atoms with Crippen LogP contribution in [0.5, 0.6) is 0 Å². The quantitative estimate of drug-likeness (QED) is 0.310. The van der Waals surface area contributed by atoms with Crippen molar-refractivity contribution in [3.05, 3.63) is 0 Å². The number of nitrogens with zero attached hydrogens (tertiary/aromatic N) is 1. The van der Waals surface area contributed by atoms with Crippen molar-refractivity contribution in [2.45, 2.75) is 58.2 Å². The number of hydrogen-bond donors (Lipinski definition) is 5. The van der Waals surface area contributed by atoms with Gasteiger partial charge in [-0.25, -0.2) is 0 Å². The molecule has 130 valence electrons. The first-order valence-electron chi connectivity index (χ1n) is 9.01. The highest BCUT2D eigenvalue weighted by Crippen LogP contribution is 2.36. The molecule has 1 aliphatic heterocycles. The highest BCUT2D eigenvalue weighted by Gasteiger charge is 2.33. The van der Waals surface area contributed by atoms with Gasteiger partial charge in [0.2, 0.25) is 0 Å². The molecular weight excluding hydrogens is 280 g/mol. The molecule has 0 radical (unpaired) electrons. The molecular formula is C16H34N4O2. The number of piperidine rings is 1. The minimum absolute atomic E-state index is 0.526. The van der Waals surface area contributed by atoms with Gasteiger partial charge in [0.25, 0.3) is 0 Å². The molecule has 6 heteroatoms. The van der Waals surface area contributed by atoms with Gasteiger partial charge in [-0.2, -0.15) is 0 Å². The number of aliphatic hydroxyl groups excluding tert-OH is 2. The Balaban J connectivity index is 1.56. The molecule has 1 saturated carbocycles. The van der Waals surface area contributed by atoms with Crippen molar-refractivity contribution in [3.63, 3.8) is 0 Å². The van der Waals surface area contributed by atoms with Crippen molar-refractivity contribution >= 4 is 0 Å². The number of rotatable bonds is 9. The molecule has 2 fully saturated rings. The number of hydrogen-bond acceptors (Lipinski definition) is 6. The first-order chi connectivity index (χ1) is 10.7. The molecule has 5 N–H and O–H groups in total. The summed E-state index contributed by atoms with van der Waals surface area (Å²) in [4.78, 5) is 2.19. The Morgan fingerprint density at radius 2 is 1.73 bits per heavy atom. The maximum atomic E-state index is 10.3. The fourth-order valence-electron chi connectivity index (χ4n) is 3.80. The Bertz CT molecular complexity index is 306. The smallest absolute Gasteiger partial charge is 0.163 e. The summed E-state index contributed by atoms with van der Waals surface area (Å²) in [5.41, 5.74) is 0. The molecule has 1 heterocycles. The summed E-state index contributed by atoms with van der Waals surface area (Å²) < 4.78 is 0. The zero-order valence-electron chi connectivity index (χ0n) is 13.9. The van der Waals surface area contributed by atoms with E-state index in [0.29, 0.717) is 0 Å². The molecule has 0 bridgehead atoms. The van der Waals surface area contributed by atoms with Crippen molar-refractivity contribution in [2.75, 3.05) is 32.7 Å². The number of fused-ring (bicyclic) bond motifs is 1. The summed E-state index contributed by atoms with van der Waals surface area (Å²) in [6.45, 7) is 6.21. The van der Waals surface area contributed by atoms with Crippen LogP contribution >= 0.6 is 0 Å². The topological polar surface area (TPSA) is 79.8 Å². The molecule has 6 nitrogen and oxygen atoms in total. The highest BCUT2D eigenvalue weighted by molar-refractivity contribution is 4.84. The van der Waals surface area contributed by atoms with Crippen LogP contribution in [0.3, 0.4) is 0 Å². The third-order valence-corrected chi connectivity index (χ3v) is 5.08. The average molecular weight is 314 g/mol. The summed E-state index contributed by atoms with van der Waals surface area (Å²) >= 11 is 0. The van der Waals surface area contributed by atoms with Gasteiger partial charge in [-0.1, -0.05) is 26.2 Å². The number of nitrogens with one attached hydrogen (secondary N) is 3. The van der Waals surface area contributed by atoms with Gasteiger partial charge in [0.1, 0.15) is 0 Å². The molecule has 0 aromatic carbocycles. The molecule has 2 aliphatic rings. The van der Waals surface area contributed by atoms with E-state index in [4.69, 9.17) is 0 Å². The van der Waals surface area contributed by atoms with Crippen LogP contribution in [0, 0.1) is 11.8 Å². The highest BCUT2D eigenvalue weighted by atomic mass is 16.3. The van der Waals surface area contributed by atoms with E-state index < -0.39 is 12.7 Å². The van der Waals surface area contributed by atoms with E-state index in [1.165, 1.54) is 32.1 Å². The lowest BCUT2D eigenvalue weighted by Crippen LogP contribution is -2.52. The van der Waals surface area contributed by atoms with E-state index >= 15 is 0 Å². The lowest BCUT2D eigenvalue weighted by atomic mass is 9.75. The normalized spacial score (nSPS) is 29.0. The lowest BCUT2D eigenvalue weighted by molar-refractivity contribution is -0.0617. The Morgan fingerprint density at radius 1 is 1.00 bits per heavy atom. The van der Waals surface area contributed by atoms with Crippen LogP contribution in [0.1, 0.15) is 45.4 Å². The van der Waals surface area contributed by atoms with E-state index in [9.17, 15) is 10.2 Å². The number of likely N-dealkylation sites (tertiary alicyclic amines) is 1. The average Bonchev–Trinajstić information content (AvgIpc) is 2.54. The van der Waals surface area contributed by atoms with Crippen LogP contribution in [0.15, 0.2) is 0 Å². The molecule has 0 aromatic rings. The Hall–Kier alpha value is -0.240. The minimum Gasteiger partial charge on any atom is -0.365 e. The van der Waals surface area contributed by atoms with E-state index in [1.807, 2.05) is 6.92 Å². The molecule has 1 saturated heterocycles. The van der Waals surface area contributed by atoms with E-state index in [2.05, 4.69) is 20.9 Å². The van der Waals surface area contributed by atoms with Gasteiger partial charge in [0.15, 0.2) is 12.7 Å². The Labute approximate surface area is 134 Å².